The van der Waals surface area contributed by atoms with Crippen molar-refractivity contribution in [3.63, 3.8) is 0 Å². The Morgan fingerprint density at radius 3 is 3.00 bits per heavy atom. The van der Waals surface area contributed by atoms with Crippen LogP contribution in [0.1, 0.15) is 43.1 Å². The molecule has 2 rings (SSSR count). The summed E-state index contributed by atoms with van der Waals surface area (Å²) in [5.74, 6) is -0.200. The molecule has 0 radical (unpaired) electrons. The zero-order chi connectivity index (χ0) is 13.0. The lowest BCUT2D eigenvalue weighted by atomic mass is 10.1. The summed E-state index contributed by atoms with van der Waals surface area (Å²) in [6.45, 7) is 2.19. The fourth-order valence-corrected chi connectivity index (χ4v) is 2.60. The van der Waals surface area contributed by atoms with E-state index in [1.165, 1.54) is 18.3 Å². The Bertz CT molecular complexity index is 438. The van der Waals surface area contributed by atoms with Gasteiger partial charge < -0.3 is 10.1 Å². The first-order valence-corrected chi connectivity index (χ1v) is 6.91. The lowest BCUT2D eigenvalue weighted by Gasteiger charge is -2.21. The number of ether oxygens (including phenoxy) is 1. The van der Waals surface area contributed by atoms with Crippen LogP contribution in [-0.4, -0.2) is 29.4 Å². The molecule has 1 unspecified atom stereocenters. The number of carbonyl (C=O) groups is 2. The van der Waals surface area contributed by atoms with Gasteiger partial charge in [0.15, 0.2) is 10.9 Å². The van der Waals surface area contributed by atoms with E-state index in [2.05, 4.69) is 10.3 Å². The number of anilines is 1. The van der Waals surface area contributed by atoms with Gasteiger partial charge in [0, 0.05) is 18.9 Å². The van der Waals surface area contributed by atoms with Gasteiger partial charge in [-0.25, -0.2) is 4.98 Å². The number of hydrogen-bond donors (Lipinski definition) is 1. The van der Waals surface area contributed by atoms with Crippen LogP contribution >= 0.6 is 11.3 Å². The predicted octanol–water partition coefficient (Wildman–Crippen LogP) is 2.24. The molecule has 1 aliphatic rings. The van der Waals surface area contributed by atoms with E-state index in [-0.39, 0.29) is 17.8 Å². The van der Waals surface area contributed by atoms with Crippen molar-refractivity contribution in [2.45, 2.75) is 38.7 Å². The maximum absolute atomic E-state index is 11.8. The molecule has 0 bridgehead atoms. The molecule has 1 saturated heterocycles. The Balaban J connectivity index is 1.84. The Labute approximate surface area is 110 Å². The topological polar surface area (TPSA) is 68.3 Å². The number of carbonyl (C=O) groups excluding carboxylic acids is 2. The zero-order valence-corrected chi connectivity index (χ0v) is 11.1. The minimum Gasteiger partial charge on any atom is -0.378 e. The van der Waals surface area contributed by atoms with E-state index in [1.807, 2.05) is 0 Å². The van der Waals surface area contributed by atoms with Crippen LogP contribution < -0.4 is 5.32 Å². The highest BCUT2D eigenvalue weighted by Gasteiger charge is 2.18. The number of ketones is 1. The van der Waals surface area contributed by atoms with Gasteiger partial charge in [-0.3, -0.25) is 9.59 Å². The summed E-state index contributed by atoms with van der Waals surface area (Å²) in [7, 11) is 0. The fourth-order valence-electron chi connectivity index (χ4n) is 1.84. The van der Waals surface area contributed by atoms with Gasteiger partial charge in [-0.2, -0.15) is 0 Å². The third kappa shape index (κ3) is 3.61. The molecule has 1 atom stereocenters. The summed E-state index contributed by atoms with van der Waals surface area (Å²) >= 11 is 1.26. The van der Waals surface area contributed by atoms with Crippen LogP contribution in [0.5, 0.6) is 0 Å². The summed E-state index contributed by atoms with van der Waals surface area (Å²) in [5.41, 5.74) is 0.393. The number of rotatable bonds is 4. The molecular weight excluding hydrogens is 252 g/mol. The quantitative estimate of drug-likeness (QED) is 0.850. The van der Waals surface area contributed by atoms with E-state index >= 15 is 0 Å². The molecule has 5 nitrogen and oxygen atoms in total. The Kier molecular flexibility index (Phi) is 4.43. The fraction of sp³-hybridized carbons (Fsp3) is 0.583. The minimum atomic E-state index is -0.105. The largest absolute Gasteiger partial charge is 0.378 e. The van der Waals surface area contributed by atoms with Crippen LogP contribution in [-0.2, 0) is 9.53 Å². The SMILES string of the molecule is CC(=O)c1csc(NC(=O)CC2CCCCO2)n1. The minimum absolute atomic E-state index is 0.0194. The van der Waals surface area contributed by atoms with Gasteiger partial charge >= 0.3 is 0 Å². The molecular formula is C12H16N2O3S. The van der Waals surface area contributed by atoms with Gasteiger partial charge in [-0.15, -0.1) is 11.3 Å². The monoisotopic (exact) mass is 268 g/mol. The van der Waals surface area contributed by atoms with Crippen molar-refractivity contribution in [2.24, 2.45) is 0 Å². The predicted molar refractivity (Wildman–Crippen MR) is 69.0 cm³/mol. The molecule has 1 aromatic heterocycles. The van der Waals surface area contributed by atoms with Crippen molar-refractivity contribution in [1.29, 1.82) is 0 Å². The molecule has 1 aliphatic heterocycles. The van der Waals surface area contributed by atoms with Gasteiger partial charge in [0.25, 0.3) is 0 Å². The number of amides is 1. The highest BCUT2D eigenvalue weighted by molar-refractivity contribution is 7.14. The van der Waals surface area contributed by atoms with Crippen LogP contribution in [0.25, 0.3) is 0 Å². The van der Waals surface area contributed by atoms with Crippen LogP contribution in [0.15, 0.2) is 5.38 Å². The standard InChI is InChI=1S/C12H16N2O3S/c1-8(15)10-7-18-12(13-10)14-11(16)6-9-4-2-3-5-17-9/h7,9H,2-6H2,1H3,(H,13,14,16). The highest BCUT2D eigenvalue weighted by Crippen LogP contribution is 2.19. The van der Waals surface area contributed by atoms with Gasteiger partial charge in [0.2, 0.25) is 5.91 Å². The van der Waals surface area contributed by atoms with Crippen molar-refractivity contribution in [1.82, 2.24) is 4.98 Å². The van der Waals surface area contributed by atoms with E-state index in [9.17, 15) is 9.59 Å². The van der Waals surface area contributed by atoms with Crippen LogP contribution in [0, 0.1) is 0 Å². The van der Waals surface area contributed by atoms with E-state index in [1.54, 1.807) is 5.38 Å². The number of Topliss-reactive ketones (excluding diaryl/α,β-unsaturated/α-hetero) is 1. The molecule has 1 aromatic rings. The Morgan fingerprint density at radius 1 is 1.56 bits per heavy atom. The molecule has 1 amide bonds. The van der Waals surface area contributed by atoms with Crippen molar-refractivity contribution in [3.05, 3.63) is 11.1 Å². The number of aromatic nitrogens is 1. The van der Waals surface area contributed by atoms with E-state index in [0.717, 1.165) is 25.9 Å². The Morgan fingerprint density at radius 2 is 2.39 bits per heavy atom. The number of hydrogen-bond acceptors (Lipinski definition) is 5. The van der Waals surface area contributed by atoms with Crippen molar-refractivity contribution < 1.29 is 14.3 Å². The number of thiazole rings is 1. The summed E-state index contributed by atoms with van der Waals surface area (Å²) in [6, 6.07) is 0. The van der Waals surface area contributed by atoms with Crippen LogP contribution in [0.2, 0.25) is 0 Å². The average Bonchev–Trinajstić information content (AvgIpc) is 2.78. The first-order chi connectivity index (χ1) is 8.65. The second-order valence-electron chi connectivity index (χ2n) is 4.33. The van der Waals surface area contributed by atoms with Gasteiger partial charge in [0.05, 0.1) is 12.5 Å². The van der Waals surface area contributed by atoms with Crippen molar-refractivity contribution in [3.8, 4) is 0 Å². The van der Waals surface area contributed by atoms with Crippen LogP contribution in [0.4, 0.5) is 5.13 Å². The molecule has 2 heterocycles. The lowest BCUT2D eigenvalue weighted by molar-refractivity contribution is -0.119. The number of nitrogens with one attached hydrogen (secondary N) is 1. The summed E-state index contributed by atoms with van der Waals surface area (Å²) in [4.78, 5) is 26.9. The third-order valence-corrected chi connectivity index (χ3v) is 3.56. The number of nitrogens with zero attached hydrogens (tertiary/aromatic N) is 1. The molecule has 1 fully saturated rings. The van der Waals surface area contributed by atoms with E-state index in [4.69, 9.17) is 4.74 Å². The molecule has 0 aliphatic carbocycles. The van der Waals surface area contributed by atoms with Crippen LogP contribution in [0.3, 0.4) is 0 Å². The zero-order valence-electron chi connectivity index (χ0n) is 10.3. The summed E-state index contributed by atoms with van der Waals surface area (Å²) in [5, 5.41) is 4.82. The molecule has 6 heteroatoms. The average molecular weight is 268 g/mol. The highest BCUT2D eigenvalue weighted by atomic mass is 32.1. The smallest absolute Gasteiger partial charge is 0.228 e. The molecule has 0 saturated carbocycles. The molecule has 1 N–H and O–H groups in total. The van der Waals surface area contributed by atoms with Crippen molar-refractivity contribution >= 4 is 28.2 Å². The second kappa shape index (κ2) is 6.06. The first kappa shape index (κ1) is 13.2. The molecule has 0 spiro atoms. The summed E-state index contributed by atoms with van der Waals surface area (Å²) in [6.07, 6.45) is 3.50. The third-order valence-electron chi connectivity index (χ3n) is 2.80. The first-order valence-electron chi connectivity index (χ1n) is 6.03. The van der Waals surface area contributed by atoms with Gasteiger partial charge in [-0.1, -0.05) is 0 Å². The van der Waals surface area contributed by atoms with Crippen molar-refractivity contribution in [2.75, 3.05) is 11.9 Å². The molecule has 0 aromatic carbocycles. The maximum Gasteiger partial charge on any atom is 0.228 e. The normalized spacial score (nSPS) is 19.5. The van der Waals surface area contributed by atoms with E-state index < -0.39 is 0 Å². The molecule has 98 valence electrons. The molecule has 18 heavy (non-hydrogen) atoms. The van der Waals surface area contributed by atoms with Gasteiger partial charge in [0.1, 0.15) is 5.69 Å². The maximum atomic E-state index is 11.8. The van der Waals surface area contributed by atoms with Gasteiger partial charge in [-0.05, 0) is 19.3 Å². The second-order valence-corrected chi connectivity index (χ2v) is 5.19. The summed E-state index contributed by atoms with van der Waals surface area (Å²) < 4.78 is 5.50. The lowest BCUT2D eigenvalue weighted by Crippen LogP contribution is -2.25. The van der Waals surface area contributed by atoms with E-state index in [0.29, 0.717) is 17.2 Å². The Hall–Kier alpha value is -1.27.